The third-order valence-electron chi connectivity index (χ3n) is 4.43. The number of hydrogen-bond donors (Lipinski definition) is 0. The summed E-state index contributed by atoms with van der Waals surface area (Å²) in [6, 6.07) is 26.0. The first-order valence-electron chi connectivity index (χ1n) is 7.77. The molecule has 0 spiro atoms. The Morgan fingerprint density at radius 1 is 0.500 bits per heavy atom. The number of fused-ring (bicyclic) bond motifs is 2. The number of benzene rings is 4. The van der Waals surface area contributed by atoms with E-state index in [0.29, 0.717) is 0 Å². The van der Waals surface area contributed by atoms with Gasteiger partial charge in [0.15, 0.2) is 0 Å². The van der Waals surface area contributed by atoms with Gasteiger partial charge in [-0.1, -0.05) is 60.7 Å². The fourth-order valence-electron chi connectivity index (χ4n) is 3.33. The van der Waals surface area contributed by atoms with Crippen LogP contribution in [0.4, 0.5) is 0 Å². The minimum Gasteiger partial charge on any atom is -0.556 e. The van der Waals surface area contributed by atoms with Gasteiger partial charge in [0.05, 0.1) is 10.6 Å². The van der Waals surface area contributed by atoms with E-state index in [0.717, 1.165) is 0 Å². The van der Waals surface area contributed by atoms with E-state index in [2.05, 4.69) is 72.8 Å². The Balaban J connectivity index is 2.21. The third kappa shape index (κ3) is 2.76. The van der Waals surface area contributed by atoms with Gasteiger partial charge in [0.2, 0.25) is 0 Å². The molecule has 0 aliphatic rings. The normalized spacial score (nSPS) is 12.2. The summed E-state index contributed by atoms with van der Waals surface area (Å²) in [5, 5.41) is 7.68. The lowest BCUT2D eigenvalue weighted by Crippen LogP contribution is -2.08. The first kappa shape index (κ1) is 16.4. The van der Waals surface area contributed by atoms with Crippen molar-refractivity contribution in [1.82, 2.24) is 0 Å². The Kier molecular flexibility index (Phi) is 4.83. The topological polar surface area (TPSA) is 0 Å². The van der Waals surface area contributed by atoms with Crippen LogP contribution >= 0.6 is 15.6 Å². The van der Waals surface area contributed by atoms with Crippen LogP contribution in [0.5, 0.6) is 0 Å². The summed E-state index contributed by atoms with van der Waals surface area (Å²) in [6.07, 6.45) is 0. The molecular weight excluding hydrogens is 366 g/mol. The average molecular weight is 382 g/mol. The van der Waals surface area contributed by atoms with Gasteiger partial charge in [0.25, 0.3) is 0 Å². The van der Waals surface area contributed by atoms with E-state index in [1.165, 1.54) is 43.3 Å². The Bertz CT molecular complexity index is 959. The molecule has 0 saturated heterocycles. The fraction of sp³-hybridized carbons (Fsp3) is 0. The fourth-order valence-corrected chi connectivity index (χ4v) is 5.69. The van der Waals surface area contributed by atoms with Crippen molar-refractivity contribution in [3.05, 3.63) is 72.8 Å². The molecule has 0 bridgehead atoms. The molecule has 118 valence electrons. The minimum atomic E-state index is -0.178. The quantitative estimate of drug-likeness (QED) is 0.374. The van der Waals surface area contributed by atoms with Crippen molar-refractivity contribution in [2.75, 3.05) is 0 Å². The highest BCUT2D eigenvalue weighted by Crippen LogP contribution is 2.36. The summed E-state index contributed by atoms with van der Waals surface area (Å²) >= 11 is 11.1. The molecule has 0 heterocycles. The molecule has 0 amide bonds. The van der Waals surface area contributed by atoms with E-state index in [4.69, 9.17) is 24.5 Å². The van der Waals surface area contributed by atoms with Gasteiger partial charge in [0.1, 0.15) is 0 Å². The second-order valence-corrected chi connectivity index (χ2v) is 8.87. The Labute approximate surface area is 155 Å². The monoisotopic (exact) mass is 382 g/mol. The molecule has 2 atom stereocenters. The van der Waals surface area contributed by atoms with Gasteiger partial charge >= 0.3 is 0 Å². The predicted molar refractivity (Wildman–Crippen MR) is 120 cm³/mol. The van der Waals surface area contributed by atoms with E-state index >= 15 is 0 Å². The molecule has 4 rings (SSSR count). The predicted octanol–water partition coefficient (Wildman–Crippen LogP) is 4.66. The van der Waals surface area contributed by atoms with Gasteiger partial charge in [-0.2, -0.15) is 0 Å². The zero-order chi connectivity index (χ0) is 16.5. The summed E-state index contributed by atoms with van der Waals surface area (Å²) in [7, 11) is -0.356. The lowest BCUT2D eigenvalue weighted by Gasteiger charge is -2.16. The summed E-state index contributed by atoms with van der Waals surface area (Å²) in [4.78, 5) is 0. The summed E-state index contributed by atoms with van der Waals surface area (Å²) in [6.45, 7) is 0. The molecule has 0 nitrogen and oxygen atoms in total. The zero-order valence-electron chi connectivity index (χ0n) is 12.9. The third-order valence-corrected chi connectivity index (χ3v) is 7.42. The van der Waals surface area contributed by atoms with Crippen LogP contribution in [0.2, 0.25) is 0 Å². The van der Waals surface area contributed by atoms with E-state index in [9.17, 15) is 0 Å². The Morgan fingerprint density at radius 2 is 0.917 bits per heavy atom. The SMILES string of the molecule is [S-][PH2+]c1ccc2ccccc2c1-c1c([PH2+][S-])ccc2ccccc12. The minimum absolute atomic E-state index is 0.178. The van der Waals surface area contributed by atoms with Gasteiger partial charge < -0.3 is 24.5 Å². The molecule has 0 aromatic heterocycles. The molecule has 0 fully saturated rings. The highest BCUT2D eigenvalue weighted by Gasteiger charge is 2.18. The first-order chi connectivity index (χ1) is 11.8. The second-order valence-electron chi connectivity index (χ2n) is 5.74. The molecule has 0 aliphatic carbocycles. The Morgan fingerprint density at radius 3 is 1.33 bits per heavy atom. The maximum absolute atomic E-state index is 5.54. The first-order valence-corrected chi connectivity index (χ1v) is 12.7. The number of rotatable bonds is 3. The standard InChI is InChI=1S/C20H16P2S2/c23-21-17-11-9-13-5-1-3-7-15(13)19(17)20-16-8-4-2-6-14(16)10-12-18(20)22-24/h1-12H,21-22H2. The van der Waals surface area contributed by atoms with Crippen molar-refractivity contribution >= 4 is 72.2 Å². The summed E-state index contributed by atoms with van der Waals surface area (Å²) < 4.78 is 0. The summed E-state index contributed by atoms with van der Waals surface area (Å²) in [5.74, 6) is 0. The molecule has 4 heteroatoms. The molecule has 4 aromatic rings. The van der Waals surface area contributed by atoms with Crippen LogP contribution in [0.1, 0.15) is 0 Å². The van der Waals surface area contributed by atoms with E-state index < -0.39 is 0 Å². The van der Waals surface area contributed by atoms with Crippen LogP contribution in [0.25, 0.3) is 32.7 Å². The van der Waals surface area contributed by atoms with Crippen molar-refractivity contribution < 1.29 is 0 Å². The average Bonchev–Trinajstić information content (AvgIpc) is 2.66. The van der Waals surface area contributed by atoms with Crippen molar-refractivity contribution in [3.8, 4) is 11.1 Å². The molecule has 0 saturated carbocycles. The van der Waals surface area contributed by atoms with Crippen LogP contribution in [0.3, 0.4) is 0 Å². The van der Waals surface area contributed by atoms with Crippen LogP contribution in [0, 0.1) is 0 Å². The smallest absolute Gasteiger partial charge is 0.0763 e. The highest BCUT2D eigenvalue weighted by molar-refractivity contribution is 8.28. The van der Waals surface area contributed by atoms with Gasteiger partial charge in [-0.3, -0.25) is 0 Å². The van der Waals surface area contributed by atoms with Crippen molar-refractivity contribution in [1.29, 1.82) is 0 Å². The van der Waals surface area contributed by atoms with Crippen LogP contribution in [-0.4, -0.2) is 0 Å². The van der Waals surface area contributed by atoms with Gasteiger partial charge in [0, 0.05) is 11.1 Å². The number of hydrogen-bond acceptors (Lipinski definition) is 2. The lowest BCUT2D eigenvalue weighted by molar-refractivity contribution is 1.74. The lowest BCUT2D eigenvalue weighted by atomic mass is 9.94. The molecular formula is C20H16P2S2. The van der Waals surface area contributed by atoms with E-state index in [-0.39, 0.29) is 15.6 Å². The van der Waals surface area contributed by atoms with Crippen LogP contribution in [0.15, 0.2) is 72.8 Å². The van der Waals surface area contributed by atoms with Gasteiger partial charge in [-0.05, 0) is 33.7 Å². The van der Waals surface area contributed by atoms with E-state index in [1.54, 1.807) is 0 Å². The Hall–Kier alpha value is -1.04. The van der Waals surface area contributed by atoms with Crippen molar-refractivity contribution in [3.63, 3.8) is 0 Å². The molecule has 0 radical (unpaired) electrons. The van der Waals surface area contributed by atoms with Gasteiger partial charge in [-0.25, -0.2) is 0 Å². The zero-order valence-corrected chi connectivity index (χ0v) is 16.8. The van der Waals surface area contributed by atoms with Gasteiger partial charge in [-0.15, -0.1) is 15.6 Å². The molecule has 0 aliphatic heterocycles. The van der Waals surface area contributed by atoms with Crippen molar-refractivity contribution in [2.45, 2.75) is 0 Å². The second kappa shape index (κ2) is 7.06. The molecule has 2 unspecified atom stereocenters. The molecule has 4 aromatic carbocycles. The maximum atomic E-state index is 5.54. The van der Waals surface area contributed by atoms with Crippen LogP contribution < -0.4 is 10.6 Å². The highest BCUT2D eigenvalue weighted by atomic mass is 32.7. The molecule has 0 N–H and O–H groups in total. The maximum Gasteiger partial charge on any atom is 0.0763 e. The van der Waals surface area contributed by atoms with E-state index in [1.807, 2.05) is 0 Å². The van der Waals surface area contributed by atoms with Crippen molar-refractivity contribution in [2.24, 2.45) is 0 Å². The van der Waals surface area contributed by atoms with Crippen LogP contribution in [-0.2, 0) is 24.5 Å². The summed E-state index contributed by atoms with van der Waals surface area (Å²) in [5.41, 5.74) is 2.62. The largest absolute Gasteiger partial charge is 0.556 e. The molecule has 24 heavy (non-hydrogen) atoms.